The molecule has 1 fully saturated rings. The van der Waals surface area contributed by atoms with E-state index in [1.54, 1.807) is 19.1 Å². The SMILES string of the molecule is C[C@H](N[C@@H]1CCC[C@H](C(F)(F)F)C1)C(=O)NCc1ccco1. The lowest BCUT2D eigenvalue weighted by atomic mass is 9.85. The number of hydrogen-bond acceptors (Lipinski definition) is 3. The van der Waals surface area contributed by atoms with Crippen LogP contribution in [0.3, 0.4) is 0 Å². The minimum Gasteiger partial charge on any atom is -0.467 e. The van der Waals surface area contributed by atoms with Gasteiger partial charge in [-0.15, -0.1) is 0 Å². The first kappa shape index (κ1) is 16.9. The average molecular weight is 318 g/mol. The van der Waals surface area contributed by atoms with Gasteiger partial charge in [-0.3, -0.25) is 4.79 Å². The molecule has 1 amide bonds. The Hall–Kier alpha value is -1.50. The third kappa shape index (κ3) is 4.76. The van der Waals surface area contributed by atoms with E-state index in [1.807, 2.05) is 0 Å². The van der Waals surface area contributed by atoms with Crippen molar-refractivity contribution in [1.29, 1.82) is 0 Å². The molecule has 124 valence electrons. The second-order valence-electron chi connectivity index (χ2n) is 5.79. The smallest absolute Gasteiger partial charge is 0.391 e. The van der Waals surface area contributed by atoms with Gasteiger partial charge >= 0.3 is 6.18 Å². The highest BCUT2D eigenvalue weighted by atomic mass is 19.4. The molecular formula is C15H21F3N2O2. The molecule has 1 aliphatic carbocycles. The molecule has 0 aromatic carbocycles. The first-order valence-corrected chi connectivity index (χ1v) is 7.49. The van der Waals surface area contributed by atoms with Gasteiger partial charge in [0.25, 0.3) is 0 Å². The predicted octanol–water partition coefficient (Wildman–Crippen LogP) is 3.00. The van der Waals surface area contributed by atoms with Crippen LogP contribution in [0.1, 0.15) is 38.4 Å². The highest BCUT2D eigenvalue weighted by Crippen LogP contribution is 2.37. The zero-order chi connectivity index (χ0) is 16.2. The van der Waals surface area contributed by atoms with E-state index < -0.39 is 18.1 Å². The molecule has 0 aliphatic heterocycles. The van der Waals surface area contributed by atoms with Crippen LogP contribution < -0.4 is 10.6 Å². The lowest BCUT2D eigenvalue weighted by Gasteiger charge is -2.32. The lowest BCUT2D eigenvalue weighted by Crippen LogP contribution is -2.48. The first-order chi connectivity index (χ1) is 10.4. The van der Waals surface area contributed by atoms with Gasteiger partial charge in [-0.2, -0.15) is 13.2 Å². The molecule has 0 radical (unpaired) electrons. The number of carbonyl (C=O) groups excluding carboxylic acids is 1. The first-order valence-electron chi connectivity index (χ1n) is 7.49. The van der Waals surface area contributed by atoms with Gasteiger partial charge in [-0.1, -0.05) is 6.42 Å². The molecule has 1 aromatic rings. The molecule has 2 N–H and O–H groups in total. The monoisotopic (exact) mass is 318 g/mol. The fraction of sp³-hybridized carbons (Fsp3) is 0.667. The Morgan fingerprint density at radius 1 is 1.45 bits per heavy atom. The molecule has 0 saturated heterocycles. The molecule has 2 rings (SSSR count). The van der Waals surface area contributed by atoms with Gasteiger partial charge in [0.05, 0.1) is 24.8 Å². The largest absolute Gasteiger partial charge is 0.467 e. The molecule has 7 heteroatoms. The lowest BCUT2D eigenvalue weighted by molar-refractivity contribution is -0.183. The van der Waals surface area contributed by atoms with E-state index in [2.05, 4.69) is 10.6 Å². The maximum atomic E-state index is 12.8. The third-order valence-electron chi connectivity index (χ3n) is 4.03. The average Bonchev–Trinajstić information content (AvgIpc) is 2.97. The van der Waals surface area contributed by atoms with E-state index in [0.29, 0.717) is 18.6 Å². The summed E-state index contributed by atoms with van der Waals surface area (Å²) >= 11 is 0. The highest BCUT2D eigenvalue weighted by molar-refractivity contribution is 5.81. The molecule has 3 atom stereocenters. The number of amides is 1. The van der Waals surface area contributed by atoms with E-state index in [-0.39, 0.29) is 31.3 Å². The van der Waals surface area contributed by atoms with Crippen molar-refractivity contribution in [1.82, 2.24) is 10.6 Å². The summed E-state index contributed by atoms with van der Waals surface area (Å²) in [5, 5.41) is 5.71. The van der Waals surface area contributed by atoms with Gasteiger partial charge in [0.2, 0.25) is 5.91 Å². The van der Waals surface area contributed by atoms with Gasteiger partial charge in [0, 0.05) is 6.04 Å². The summed E-state index contributed by atoms with van der Waals surface area (Å²) in [6.45, 7) is 1.93. The Morgan fingerprint density at radius 2 is 2.23 bits per heavy atom. The number of rotatable bonds is 5. The Labute approximate surface area is 127 Å². The summed E-state index contributed by atoms with van der Waals surface area (Å²) in [4.78, 5) is 12.0. The molecular weight excluding hydrogens is 297 g/mol. The minimum absolute atomic E-state index is 0.0410. The number of carbonyl (C=O) groups is 1. The van der Waals surface area contributed by atoms with Crippen LogP contribution in [-0.4, -0.2) is 24.2 Å². The predicted molar refractivity (Wildman–Crippen MR) is 75.0 cm³/mol. The van der Waals surface area contributed by atoms with Crippen LogP contribution in [0.2, 0.25) is 0 Å². The summed E-state index contributed by atoms with van der Waals surface area (Å²) in [5.41, 5.74) is 0. The molecule has 0 spiro atoms. The van der Waals surface area contributed by atoms with Crippen molar-refractivity contribution < 1.29 is 22.4 Å². The van der Waals surface area contributed by atoms with Gasteiger partial charge in [0.1, 0.15) is 5.76 Å². The standard InChI is InChI=1S/C15H21F3N2O2/c1-10(14(21)19-9-13-6-3-7-22-13)20-12-5-2-4-11(8-12)15(16,17)18/h3,6-7,10-12,20H,2,4-5,8-9H2,1H3,(H,19,21)/t10-,11-,12+/m0/s1. The maximum absolute atomic E-state index is 12.8. The number of furan rings is 1. The van der Waals surface area contributed by atoms with Gasteiger partial charge in [-0.05, 0) is 38.3 Å². The van der Waals surface area contributed by atoms with Crippen LogP contribution in [0.15, 0.2) is 22.8 Å². The van der Waals surface area contributed by atoms with Crippen molar-refractivity contribution >= 4 is 5.91 Å². The van der Waals surface area contributed by atoms with E-state index in [9.17, 15) is 18.0 Å². The summed E-state index contributed by atoms with van der Waals surface area (Å²) in [6.07, 6.45) is -1.21. The van der Waals surface area contributed by atoms with Crippen molar-refractivity contribution in [2.45, 2.75) is 57.4 Å². The van der Waals surface area contributed by atoms with Gasteiger partial charge < -0.3 is 15.1 Å². The van der Waals surface area contributed by atoms with Crippen LogP contribution in [0.5, 0.6) is 0 Å². The number of alkyl halides is 3. The van der Waals surface area contributed by atoms with E-state index in [1.165, 1.54) is 6.26 Å². The molecule has 1 saturated carbocycles. The van der Waals surface area contributed by atoms with Crippen LogP contribution in [-0.2, 0) is 11.3 Å². The van der Waals surface area contributed by atoms with Crippen LogP contribution in [0, 0.1) is 5.92 Å². The summed E-state index contributed by atoms with van der Waals surface area (Å²) in [7, 11) is 0. The van der Waals surface area contributed by atoms with Crippen molar-refractivity contribution in [3.05, 3.63) is 24.2 Å². The summed E-state index contributed by atoms with van der Waals surface area (Å²) in [5.74, 6) is -0.877. The minimum atomic E-state index is -4.15. The summed E-state index contributed by atoms with van der Waals surface area (Å²) < 4.78 is 43.4. The topological polar surface area (TPSA) is 54.3 Å². The van der Waals surface area contributed by atoms with E-state index in [4.69, 9.17) is 4.42 Å². The van der Waals surface area contributed by atoms with E-state index in [0.717, 1.165) is 0 Å². The number of hydrogen-bond donors (Lipinski definition) is 2. The van der Waals surface area contributed by atoms with E-state index >= 15 is 0 Å². The van der Waals surface area contributed by atoms with Gasteiger partial charge in [-0.25, -0.2) is 0 Å². The molecule has 0 unspecified atom stereocenters. The van der Waals surface area contributed by atoms with Gasteiger partial charge in [0.15, 0.2) is 0 Å². The normalized spacial score (nSPS) is 24.0. The van der Waals surface area contributed by atoms with Crippen molar-refractivity contribution in [3.63, 3.8) is 0 Å². The molecule has 22 heavy (non-hydrogen) atoms. The van der Waals surface area contributed by atoms with Crippen molar-refractivity contribution in [2.75, 3.05) is 0 Å². The molecule has 1 aromatic heterocycles. The number of halogens is 3. The zero-order valence-electron chi connectivity index (χ0n) is 12.5. The van der Waals surface area contributed by atoms with Crippen LogP contribution >= 0.6 is 0 Å². The molecule has 1 aliphatic rings. The Bertz CT molecular complexity index is 474. The third-order valence-corrected chi connectivity index (χ3v) is 4.03. The fourth-order valence-electron chi connectivity index (χ4n) is 2.81. The zero-order valence-corrected chi connectivity index (χ0v) is 12.5. The summed E-state index contributed by atoms with van der Waals surface area (Å²) in [6, 6.07) is 2.66. The number of nitrogens with one attached hydrogen (secondary N) is 2. The molecule has 1 heterocycles. The van der Waals surface area contributed by atoms with Crippen molar-refractivity contribution in [2.24, 2.45) is 5.92 Å². The molecule has 0 bridgehead atoms. The second kappa shape index (κ2) is 7.17. The maximum Gasteiger partial charge on any atom is 0.391 e. The Kier molecular flexibility index (Phi) is 5.50. The van der Waals surface area contributed by atoms with Crippen molar-refractivity contribution in [3.8, 4) is 0 Å². The Balaban J connectivity index is 1.78. The van der Waals surface area contributed by atoms with Crippen LogP contribution in [0.4, 0.5) is 13.2 Å². The fourth-order valence-corrected chi connectivity index (χ4v) is 2.81. The van der Waals surface area contributed by atoms with Crippen LogP contribution in [0.25, 0.3) is 0 Å². The molecule has 4 nitrogen and oxygen atoms in total. The highest BCUT2D eigenvalue weighted by Gasteiger charge is 2.42. The quantitative estimate of drug-likeness (QED) is 0.877. The second-order valence-corrected chi connectivity index (χ2v) is 5.79. The Morgan fingerprint density at radius 3 is 2.86 bits per heavy atom.